The fourth-order valence-electron chi connectivity index (χ4n) is 4.50. The standard InChI is InChI=1S/C28H50O3S.H3N/c1-24(2)18-13-9-5-7-11-15-20-26-21-17-23-28(32(29,30)31)27(26)22-16-12-8-6-10-14-19-25(3)4;/h17,21,23-25H,5-16,18-20,22H2,1-4H3,(H,29,30,31);1H3. The van der Waals surface area contributed by atoms with Gasteiger partial charge in [-0.1, -0.05) is 117 Å². The summed E-state index contributed by atoms with van der Waals surface area (Å²) in [6.07, 6.45) is 18.7. The Hall–Kier alpha value is -0.910. The van der Waals surface area contributed by atoms with E-state index in [-0.39, 0.29) is 11.0 Å². The van der Waals surface area contributed by atoms with Crippen LogP contribution in [-0.2, 0) is 23.0 Å². The molecule has 5 heteroatoms. The Labute approximate surface area is 205 Å². The average molecular weight is 484 g/mol. The normalized spacial score (nSPS) is 11.8. The number of quaternary nitrogens is 1. The molecule has 0 aliphatic heterocycles. The molecular formula is C28H53NO3S. The summed E-state index contributed by atoms with van der Waals surface area (Å²) in [6, 6.07) is 5.27. The van der Waals surface area contributed by atoms with E-state index in [9.17, 15) is 13.0 Å². The predicted octanol–water partition coefficient (Wildman–Crippen LogP) is 8.83. The second-order valence-electron chi connectivity index (χ2n) is 10.5. The van der Waals surface area contributed by atoms with Gasteiger partial charge in [0, 0.05) is 0 Å². The molecule has 0 radical (unpaired) electrons. The molecule has 0 spiro atoms. The SMILES string of the molecule is CC(C)CCCCCCCCc1cccc(S(=O)(=O)[O-])c1CCCCCCCCC(C)C.[NH4+]. The third-order valence-electron chi connectivity index (χ3n) is 6.44. The average Bonchev–Trinajstić information content (AvgIpc) is 2.71. The molecule has 1 aromatic rings. The third kappa shape index (κ3) is 15.6. The van der Waals surface area contributed by atoms with E-state index >= 15 is 0 Å². The Morgan fingerprint density at radius 1 is 0.667 bits per heavy atom. The molecule has 194 valence electrons. The van der Waals surface area contributed by atoms with Crippen LogP contribution in [0.5, 0.6) is 0 Å². The molecule has 4 nitrogen and oxygen atoms in total. The maximum Gasteiger partial charge on any atom is 0.124 e. The van der Waals surface area contributed by atoms with Crippen LogP contribution in [0.1, 0.15) is 129 Å². The van der Waals surface area contributed by atoms with Crippen molar-refractivity contribution in [3.8, 4) is 0 Å². The minimum atomic E-state index is -4.42. The highest BCUT2D eigenvalue weighted by Crippen LogP contribution is 2.25. The summed E-state index contributed by atoms with van der Waals surface area (Å²) >= 11 is 0. The molecule has 0 aliphatic rings. The Balaban J connectivity index is 0.0000102. The van der Waals surface area contributed by atoms with Crippen LogP contribution < -0.4 is 6.15 Å². The summed E-state index contributed by atoms with van der Waals surface area (Å²) in [7, 11) is -4.42. The van der Waals surface area contributed by atoms with Gasteiger partial charge >= 0.3 is 0 Å². The van der Waals surface area contributed by atoms with Gasteiger partial charge in [-0.15, -0.1) is 0 Å². The van der Waals surface area contributed by atoms with Gasteiger partial charge in [0.2, 0.25) is 0 Å². The number of unbranched alkanes of at least 4 members (excludes halogenated alkanes) is 10. The summed E-state index contributed by atoms with van der Waals surface area (Å²) in [5.41, 5.74) is 1.86. The largest absolute Gasteiger partial charge is 0.744 e. The van der Waals surface area contributed by atoms with Crippen LogP contribution in [-0.4, -0.2) is 13.0 Å². The zero-order valence-corrected chi connectivity index (χ0v) is 23.1. The van der Waals surface area contributed by atoms with Crippen LogP contribution in [0, 0.1) is 11.8 Å². The number of aryl methyl sites for hydroxylation is 1. The molecule has 0 aliphatic carbocycles. The molecule has 1 rings (SSSR count). The van der Waals surface area contributed by atoms with E-state index in [4.69, 9.17) is 0 Å². The number of hydrogen-bond donors (Lipinski definition) is 1. The fraction of sp³-hybridized carbons (Fsp3) is 0.786. The first-order valence-corrected chi connectivity index (χ1v) is 14.7. The molecule has 0 saturated carbocycles. The van der Waals surface area contributed by atoms with Gasteiger partial charge < -0.3 is 10.7 Å². The molecule has 0 atom stereocenters. The second kappa shape index (κ2) is 18.4. The summed E-state index contributed by atoms with van der Waals surface area (Å²) in [5.74, 6) is 1.58. The molecule has 0 amide bonds. The Morgan fingerprint density at radius 2 is 1.09 bits per heavy atom. The third-order valence-corrected chi connectivity index (χ3v) is 7.36. The van der Waals surface area contributed by atoms with Crippen molar-refractivity contribution in [1.29, 1.82) is 0 Å². The molecule has 0 fully saturated rings. The topological polar surface area (TPSA) is 93.7 Å². The van der Waals surface area contributed by atoms with Crippen molar-refractivity contribution in [2.75, 3.05) is 0 Å². The van der Waals surface area contributed by atoms with E-state index in [1.807, 2.05) is 6.07 Å². The number of rotatable bonds is 19. The number of hydrogen-bond acceptors (Lipinski definition) is 3. The van der Waals surface area contributed by atoms with Gasteiger partial charge in [0.15, 0.2) is 0 Å². The molecule has 0 bridgehead atoms. The van der Waals surface area contributed by atoms with Crippen LogP contribution in [0.4, 0.5) is 0 Å². The first-order chi connectivity index (χ1) is 15.2. The highest BCUT2D eigenvalue weighted by atomic mass is 32.2. The fourth-order valence-corrected chi connectivity index (χ4v) is 5.28. The van der Waals surface area contributed by atoms with Crippen molar-refractivity contribution >= 4 is 10.1 Å². The monoisotopic (exact) mass is 483 g/mol. The van der Waals surface area contributed by atoms with Crippen LogP contribution in [0.25, 0.3) is 0 Å². The van der Waals surface area contributed by atoms with E-state index in [0.29, 0.717) is 6.42 Å². The van der Waals surface area contributed by atoms with Gasteiger partial charge in [-0.3, -0.25) is 0 Å². The molecular weight excluding hydrogens is 430 g/mol. The van der Waals surface area contributed by atoms with E-state index in [1.54, 1.807) is 6.07 Å². The second-order valence-corrected chi connectivity index (χ2v) is 11.8. The van der Waals surface area contributed by atoms with Crippen molar-refractivity contribution in [1.82, 2.24) is 6.15 Å². The van der Waals surface area contributed by atoms with E-state index in [0.717, 1.165) is 48.6 Å². The van der Waals surface area contributed by atoms with Gasteiger partial charge in [0.05, 0.1) is 4.90 Å². The van der Waals surface area contributed by atoms with Crippen LogP contribution in [0.2, 0.25) is 0 Å². The first-order valence-electron chi connectivity index (χ1n) is 13.3. The van der Waals surface area contributed by atoms with E-state index in [2.05, 4.69) is 27.7 Å². The van der Waals surface area contributed by atoms with Gasteiger partial charge in [0.1, 0.15) is 10.1 Å². The smallest absolute Gasteiger partial charge is 0.124 e. The Morgan fingerprint density at radius 3 is 1.55 bits per heavy atom. The summed E-state index contributed by atoms with van der Waals surface area (Å²) in [4.78, 5) is 0.0145. The van der Waals surface area contributed by atoms with Crippen molar-refractivity contribution in [3.63, 3.8) is 0 Å². The van der Waals surface area contributed by atoms with Crippen molar-refractivity contribution in [2.24, 2.45) is 11.8 Å². The number of benzene rings is 1. The molecule has 0 unspecified atom stereocenters. The van der Waals surface area contributed by atoms with E-state index in [1.165, 1.54) is 76.7 Å². The van der Waals surface area contributed by atoms with Crippen molar-refractivity contribution < 1.29 is 13.0 Å². The molecule has 0 heterocycles. The predicted molar refractivity (Wildman–Crippen MR) is 142 cm³/mol. The van der Waals surface area contributed by atoms with Crippen LogP contribution in [0.15, 0.2) is 23.1 Å². The highest BCUT2D eigenvalue weighted by molar-refractivity contribution is 7.85. The van der Waals surface area contributed by atoms with Crippen molar-refractivity contribution in [3.05, 3.63) is 29.3 Å². The Bertz CT molecular complexity index is 714. The lowest BCUT2D eigenvalue weighted by molar-refractivity contribution is 0.461. The van der Waals surface area contributed by atoms with Gasteiger partial charge in [0.25, 0.3) is 0 Å². The first kappa shape index (κ1) is 32.1. The minimum absolute atomic E-state index is 0. The molecule has 4 N–H and O–H groups in total. The molecule has 1 aromatic carbocycles. The molecule has 0 aromatic heterocycles. The summed E-state index contributed by atoms with van der Waals surface area (Å²) in [6.45, 7) is 9.10. The highest BCUT2D eigenvalue weighted by Gasteiger charge is 2.13. The maximum absolute atomic E-state index is 11.8. The maximum atomic E-state index is 11.8. The molecule has 0 saturated heterocycles. The summed E-state index contributed by atoms with van der Waals surface area (Å²) < 4.78 is 35.5. The molecule has 33 heavy (non-hydrogen) atoms. The van der Waals surface area contributed by atoms with Gasteiger partial charge in [-0.25, -0.2) is 8.42 Å². The lowest BCUT2D eigenvalue weighted by atomic mass is 9.96. The lowest BCUT2D eigenvalue weighted by Crippen LogP contribution is -2.07. The summed E-state index contributed by atoms with van der Waals surface area (Å²) in [5, 5.41) is 0. The van der Waals surface area contributed by atoms with Crippen molar-refractivity contribution in [2.45, 2.75) is 135 Å². The lowest BCUT2D eigenvalue weighted by Gasteiger charge is -2.17. The Kier molecular flexibility index (Phi) is 17.9. The van der Waals surface area contributed by atoms with Gasteiger partial charge in [-0.05, 0) is 54.7 Å². The van der Waals surface area contributed by atoms with Crippen LogP contribution >= 0.6 is 0 Å². The zero-order chi connectivity index (χ0) is 23.8. The van der Waals surface area contributed by atoms with E-state index < -0.39 is 10.1 Å². The van der Waals surface area contributed by atoms with Crippen LogP contribution in [0.3, 0.4) is 0 Å². The quantitative estimate of drug-likeness (QED) is 0.157. The van der Waals surface area contributed by atoms with Gasteiger partial charge in [-0.2, -0.15) is 0 Å². The zero-order valence-electron chi connectivity index (χ0n) is 22.3. The minimum Gasteiger partial charge on any atom is -0.744 e.